The number of rotatable bonds is 8. The van der Waals surface area contributed by atoms with Crippen molar-refractivity contribution in [3.63, 3.8) is 0 Å². The van der Waals surface area contributed by atoms with Crippen LogP contribution in [0.1, 0.15) is 54.2 Å². The van der Waals surface area contributed by atoms with E-state index in [0.29, 0.717) is 12.2 Å². The maximum absolute atomic E-state index is 12.9. The van der Waals surface area contributed by atoms with E-state index in [9.17, 15) is 4.79 Å². The van der Waals surface area contributed by atoms with Crippen LogP contribution in [0.4, 0.5) is 0 Å². The van der Waals surface area contributed by atoms with Gasteiger partial charge in [0.25, 0.3) is 5.91 Å². The fraction of sp³-hybridized carbons (Fsp3) is 0.364. The molecule has 0 bridgehead atoms. The van der Waals surface area contributed by atoms with Crippen LogP contribution in [-0.4, -0.2) is 22.2 Å². The second-order valence-corrected chi connectivity index (χ2v) is 7.86. The van der Waals surface area contributed by atoms with Crippen molar-refractivity contribution in [1.82, 2.24) is 15.1 Å². The molecule has 2 heterocycles. The minimum atomic E-state index is -0.0669. The van der Waals surface area contributed by atoms with Gasteiger partial charge in [-0.3, -0.25) is 4.79 Å². The number of hydrogen-bond acceptors (Lipinski definition) is 3. The molecule has 1 amide bonds. The second-order valence-electron chi connectivity index (χ2n) is 6.91. The van der Waals surface area contributed by atoms with Gasteiger partial charge in [-0.1, -0.05) is 44.4 Å². The van der Waals surface area contributed by atoms with Gasteiger partial charge in [0.2, 0.25) is 0 Å². The van der Waals surface area contributed by atoms with E-state index in [4.69, 9.17) is 5.10 Å². The number of carbonyl (C=O) groups is 1. The number of carbonyl (C=O) groups excluding carboxylic acids is 1. The molecular formula is C22H27N3OS. The van der Waals surface area contributed by atoms with Gasteiger partial charge in [-0.2, -0.15) is 5.10 Å². The second kappa shape index (κ2) is 9.00. The number of thiophene rings is 1. The standard InChI is InChI=1S/C22H27N3OS/c1-4-5-6-7-12-23-22(26)20-15-18(21-9-8-13-27-21)24-25(20)19-14-16(2)10-11-17(19)3/h8-11,13-15H,4-7,12H2,1-3H3,(H,23,26). The van der Waals surface area contributed by atoms with E-state index < -0.39 is 0 Å². The van der Waals surface area contributed by atoms with Crippen LogP contribution in [0.15, 0.2) is 41.8 Å². The minimum absolute atomic E-state index is 0.0669. The highest BCUT2D eigenvalue weighted by Gasteiger charge is 2.19. The fourth-order valence-corrected chi connectivity index (χ4v) is 3.74. The van der Waals surface area contributed by atoms with Crippen LogP contribution in [0.5, 0.6) is 0 Å². The number of amides is 1. The average Bonchev–Trinajstić information content (AvgIpc) is 3.32. The summed E-state index contributed by atoms with van der Waals surface area (Å²) in [6.45, 7) is 6.99. The first-order valence-corrected chi connectivity index (χ1v) is 10.5. The van der Waals surface area contributed by atoms with Crippen molar-refractivity contribution in [3.8, 4) is 16.3 Å². The Morgan fingerprint density at radius 3 is 2.74 bits per heavy atom. The summed E-state index contributed by atoms with van der Waals surface area (Å²) in [5.74, 6) is -0.0669. The van der Waals surface area contributed by atoms with Crippen LogP contribution in [0.25, 0.3) is 16.3 Å². The van der Waals surface area contributed by atoms with E-state index in [1.54, 1.807) is 16.0 Å². The summed E-state index contributed by atoms with van der Waals surface area (Å²) in [6, 6.07) is 12.2. The van der Waals surface area contributed by atoms with Gasteiger partial charge < -0.3 is 5.32 Å². The van der Waals surface area contributed by atoms with Gasteiger partial charge >= 0.3 is 0 Å². The zero-order valence-electron chi connectivity index (χ0n) is 16.3. The number of unbranched alkanes of at least 4 members (excludes halogenated alkanes) is 3. The molecule has 142 valence electrons. The molecule has 0 spiro atoms. The highest BCUT2D eigenvalue weighted by atomic mass is 32.1. The minimum Gasteiger partial charge on any atom is -0.351 e. The smallest absolute Gasteiger partial charge is 0.270 e. The number of benzene rings is 1. The molecule has 0 saturated carbocycles. The van der Waals surface area contributed by atoms with Crippen LogP contribution >= 0.6 is 11.3 Å². The summed E-state index contributed by atoms with van der Waals surface area (Å²) >= 11 is 1.63. The summed E-state index contributed by atoms with van der Waals surface area (Å²) in [5, 5.41) is 9.86. The Morgan fingerprint density at radius 1 is 1.15 bits per heavy atom. The molecule has 27 heavy (non-hydrogen) atoms. The van der Waals surface area contributed by atoms with Gasteiger partial charge in [-0.05, 0) is 55.0 Å². The Balaban J connectivity index is 1.91. The Hall–Kier alpha value is -2.40. The first-order chi connectivity index (χ1) is 13.1. The number of hydrogen-bond donors (Lipinski definition) is 1. The van der Waals surface area contributed by atoms with E-state index in [1.165, 1.54) is 12.8 Å². The Kier molecular flexibility index (Phi) is 6.45. The monoisotopic (exact) mass is 381 g/mol. The Morgan fingerprint density at radius 2 is 2.00 bits per heavy atom. The highest BCUT2D eigenvalue weighted by Crippen LogP contribution is 2.27. The predicted molar refractivity (Wildman–Crippen MR) is 113 cm³/mol. The SMILES string of the molecule is CCCCCCNC(=O)c1cc(-c2cccs2)nn1-c1cc(C)ccc1C. The summed E-state index contributed by atoms with van der Waals surface area (Å²) < 4.78 is 1.79. The number of aromatic nitrogens is 2. The topological polar surface area (TPSA) is 46.9 Å². The first kappa shape index (κ1) is 19.4. The van der Waals surface area contributed by atoms with E-state index in [0.717, 1.165) is 40.2 Å². The molecule has 3 aromatic rings. The lowest BCUT2D eigenvalue weighted by Crippen LogP contribution is -2.27. The maximum Gasteiger partial charge on any atom is 0.270 e. The molecule has 5 heteroatoms. The molecule has 4 nitrogen and oxygen atoms in total. The van der Waals surface area contributed by atoms with E-state index in [1.807, 2.05) is 30.5 Å². The fourth-order valence-electron chi connectivity index (χ4n) is 3.06. The molecule has 0 aliphatic carbocycles. The van der Waals surface area contributed by atoms with Crippen molar-refractivity contribution in [2.75, 3.05) is 6.54 Å². The zero-order chi connectivity index (χ0) is 19.2. The van der Waals surface area contributed by atoms with Gasteiger partial charge in [0, 0.05) is 6.54 Å². The van der Waals surface area contributed by atoms with Crippen molar-refractivity contribution in [3.05, 3.63) is 58.6 Å². The van der Waals surface area contributed by atoms with Gasteiger partial charge in [0.1, 0.15) is 11.4 Å². The molecule has 0 fully saturated rings. The first-order valence-electron chi connectivity index (χ1n) is 9.60. The number of aryl methyl sites for hydroxylation is 2. The Bertz CT molecular complexity index is 896. The van der Waals surface area contributed by atoms with Gasteiger partial charge in [-0.15, -0.1) is 11.3 Å². The summed E-state index contributed by atoms with van der Waals surface area (Å²) in [4.78, 5) is 13.9. The molecule has 0 radical (unpaired) electrons. The maximum atomic E-state index is 12.9. The number of nitrogens with one attached hydrogen (secondary N) is 1. The molecule has 2 aromatic heterocycles. The van der Waals surface area contributed by atoms with Crippen molar-refractivity contribution in [2.24, 2.45) is 0 Å². The molecule has 0 saturated heterocycles. The lowest BCUT2D eigenvalue weighted by Gasteiger charge is -2.11. The number of nitrogens with zero attached hydrogens (tertiary/aromatic N) is 2. The molecular weight excluding hydrogens is 354 g/mol. The van der Waals surface area contributed by atoms with E-state index in [2.05, 4.69) is 37.4 Å². The summed E-state index contributed by atoms with van der Waals surface area (Å²) in [7, 11) is 0. The molecule has 0 unspecified atom stereocenters. The van der Waals surface area contributed by atoms with E-state index >= 15 is 0 Å². The molecule has 1 N–H and O–H groups in total. The van der Waals surface area contributed by atoms with E-state index in [-0.39, 0.29) is 5.91 Å². The normalized spacial score (nSPS) is 10.9. The van der Waals surface area contributed by atoms with Crippen molar-refractivity contribution in [1.29, 1.82) is 0 Å². The average molecular weight is 382 g/mol. The van der Waals surface area contributed by atoms with Crippen LogP contribution in [0.2, 0.25) is 0 Å². The molecule has 0 aliphatic heterocycles. The van der Waals surface area contributed by atoms with Crippen LogP contribution in [0.3, 0.4) is 0 Å². The van der Waals surface area contributed by atoms with Gasteiger partial charge in [0.05, 0.1) is 10.6 Å². The summed E-state index contributed by atoms with van der Waals surface area (Å²) in [6.07, 6.45) is 4.55. The molecule has 3 rings (SSSR count). The third kappa shape index (κ3) is 4.66. The van der Waals surface area contributed by atoms with Gasteiger partial charge in [0.15, 0.2) is 0 Å². The van der Waals surface area contributed by atoms with Crippen molar-refractivity contribution in [2.45, 2.75) is 46.5 Å². The van der Waals surface area contributed by atoms with Crippen molar-refractivity contribution < 1.29 is 4.79 Å². The Labute approximate surface area is 165 Å². The third-order valence-corrected chi connectivity index (χ3v) is 5.52. The third-order valence-electron chi connectivity index (χ3n) is 4.62. The quantitative estimate of drug-likeness (QED) is 0.522. The lowest BCUT2D eigenvalue weighted by atomic mass is 10.1. The lowest BCUT2D eigenvalue weighted by molar-refractivity contribution is 0.0945. The van der Waals surface area contributed by atoms with Crippen LogP contribution in [-0.2, 0) is 0 Å². The zero-order valence-corrected chi connectivity index (χ0v) is 17.1. The van der Waals surface area contributed by atoms with Crippen LogP contribution in [0, 0.1) is 13.8 Å². The van der Waals surface area contributed by atoms with Crippen molar-refractivity contribution >= 4 is 17.2 Å². The largest absolute Gasteiger partial charge is 0.351 e. The van der Waals surface area contributed by atoms with Crippen LogP contribution < -0.4 is 5.32 Å². The molecule has 0 atom stereocenters. The predicted octanol–water partition coefficient (Wildman–Crippen LogP) is 5.53. The molecule has 0 aliphatic rings. The van der Waals surface area contributed by atoms with Gasteiger partial charge in [-0.25, -0.2) is 4.68 Å². The highest BCUT2D eigenvalue weighted by molar-refractivity contribution is 7.13. The summed E-state index contributed by atoms with van der Waals surface area (Å²) in [5.41, 5.74) is 4.62. The molecule has 1 aromatic carbocycles.